The molecule has 372 valence electrons. The maximum absolute atomic E-state index is 4.36. The molecule has 12 aromatic rings. The van der Waals surface area contributed by atoms with Crippen LogP contribution in [0.15, 0.2) is 249 Å². The summed E-state index contributed by atoms with van der Waals surface area (Å²) in [6.07, 6.45) is 4.31. The van der Waals surface area contributed by atoms with E-state index < -0.39 is 5.41 Å². The Labute approximate surface area is 457 Å². The van der Waals surface area contributed by atoms with E-state index >= 15 is 0 Å². The first-order valence-corrected chi connectivity index (χ1v) is 27.6. The van der Waals surface area contributed by atoms with Crippen molar-refractivity contribution in [1.29, 1.82) is 0 Å². The normalized spacial score (nSPS) is 14.1. The van der Waals surface area contributed by atoms with Crippen molar-refractivity contribution in [2.75, 3.05) is 4.90 Å². The van der Waals surface area contributed by atoms with E-state index in [2.05, 4.69) is 284 Å². The first-order chi connectivity index (χ1) is 37.6. The molecule has 1 atom stereocenters. The average Bonchev–Trinajstić information content (AvgIpc) is 4.09. The zero-order chi connectivity index (χ0) is 52.8. The second-order valence-electron chi connectivity index (χ2n) is 20.8. The molecule has 13 rings (SSSR count). The Bertz CT molecular complexity index is 4350. The molecular weight excluding hydrogens is 947 g/mol. The van der Waals surface area contributed by atoms with Crippen LogP contribution < -0.4 is 15.3 Å². The number of allylic oxidation sites excluding steroid dienone is 2. The van der Waals surface area contributed by atoms with Crippen molar-refractivity contribution < 1.29 is 0 Å². The lowest BCUT2D eigenvalue weighted by Crippen LogP contribution is -2.24. The SMILES string of the molecule is C=c1cccc/c1=C(/C=C\C)c1ccc(-c2ccc3c(c2)C(C)(c2ccc(C)cc2)c2cc(N(c4ccc(-c5ccccc5C)c(C)c4)c4cccc5c4sc4ccccc45)c4ccccc4c2-3)cc1.Cc1ccccc1. The molecule has 2 heteroatoms. The van der Waals surface area contributed by atoms with E-state index in [9.17, 15) is 0 Å². The smallest absolute Gasteiger partial charge is 0.0640 e. The van der Waals surface area contributed by atoms with Gasteiger partial charge in [0.1, 0.15) is 0 Å². The number of benzene rings is 11. The van der Waals surface area contributed by atoms with E-state index in [-0.39, 0.29) is 0 Å². The van der Waals surface area contributed by atoms with Crippen LogP contribution in [0.25, 0.3) is 76.5 Å². The maximum atomic E-state index is 4.36. The van der Waals surface area contributed by atoms with Gasteiger partial charge in [-0.25, -0.2) is 0 Å². The number of anilines is 3. The Hall–Kier alpha value is -8.82. The van der Waals surface area contributed by atoms with Gasteiger partial charge in [0.05, 0.1) is 16.1 Å². The third-order valence-electron chi connectivity index (χ3n) is 15.9. The Morgan fingerprint density at radius 3 is 1.84 bits per heavy atom. The molecule has 0 saturated carbocycles. The molecule has 1 aliphatic carbocycles. The minimum Gasteiger partial charge on any atom is -0.308 e. The van der Waals surface area contributed by atoms with Gasteiger partial charge in [0.25, 0.3) is 0 Å². The standard InChI is InChI=1S/C68H53NS.C7H8/c1-7-17-55(53-21-11-9-19-45(53)4)48-32-30-47(31-33-48)49-34-38-60-61(41-49)68(6,50-35-28-43(2)29-36-50)62-42-64(56-22-12-13-24-58(56)66(60)62)69(51-37-39-54(46(5)40-51)52-20-10-8-18-44(52)3)63-26-16-25-59-57-23-14-15-27-65(57)70-67(59)63;1-7-5-3-2-4-6-7/h7-42H,4H2,1-3,5-6H3;2-6H,1H3/b17-7-,55-53+;. The Kier molecular flexibility index (Phi) is 13.0. The first kappa shape index (κ1) is 49.1. The predicted octanol–water partition coefficient (Wildman–Crippen LogP) is 19.5. The number of nitrogens with zero attached hydrogens (tertiary/aromatic N) is 1. The molecule has 1 heterocycles. The van der Waals surface area contributed by atoms with E-state index in [1.807, 2.05) is 29.5 Å². The fourth-order valence-corrected chi connectivity index (χ4v) is 13.1. The Morgan fingerprint density at radius 2 is 1.12 bits per heavy atom. The van der Waals surface area contributed by atoms with Crippen LogP contribution in [0.3, 0.4) is 0 Å². The molecule has 0 saturated heterocycles. The Balaban J connectivity index is 0.000000790. The van der Waals surface area contributed by atoms with Crippen molar-refractivity contribution in [3.63, 3.8) is 0 Å². The molecule has 0 bridgehead atoms. The van der Waals surface area contributed by atoms with Crippen LogP contribution in [-0.2, 0) is 5.41 Å². The summed E-state index contributed by atoms with van der Waals surface area (Å²) in [6.45, 7) is 17.6. The van der Waals surface area contributed by atoms with Gasteiger partial charge in [-0.05, 0) is 166 Å². The minimum atomic E-state index is -0.474. The van der Waals surface area contributed by atoms with E-state index in [0.717, 1.165) is 16.1 Å². The number of aryl methyl sites for hydroxylation is 4. The predicted molar refractivity (Wildman–Crippen MR) is 334 cm³/mol. The minimum absolute atomic E-state index is 0.474. The van der Waals surface area contributed by atoms with Crippen LogP contribution in [-0.4, -0.2) is 0 Å². The zero-order valence-corrected chi connectivity index (χ0v) is 45.6. The van der Waals surface area contributed by atoms with Gasteiger partial charge >= 0.3 is 0 Å². The van der Waals surface area contributed by atoms with E-state index in [1.165, 1.54) is 126 Å². The lowest BCUT2D eigenvalue weighted by molar-refractivity contribution is 0.714. The molecule has 0 aliphatic heterocycles. The van der Waals surface area contributed by atoms with Gasteiger partial charge in [0.15, 0.2) is 0 Å². The van der Waals surface area contributed by atoms with Crippen molar-refractivity contribution in [3.8, 4) is 33.4 Å². The highest BCUT2D eigenvalue weighted by molar-refractivity contribution is 7.26. The summed E-state index contributed by atoms with van der Waals surface area (Å²) in [6, 6.07) is 87.4. The third-order valence-corrected chi connectivity index (χ3v) is 17.1. The summed E-state index contributed by atoms with van der Waals surface area (Å²) in [4.78, 5) is 2.56. The van der Waals surface area contributed by atoms with Crippen molar-refractivity contribution in [2.45, 2.75) is 47.0 Å². The zero-order valence-electron chi connectivity index (χ0n) is 44.7. The Morgan fingerprint density at radius 1 is 0.481 bits per heavy atom. The molecule has 1 nitrogen and oxygen atoms in total. The van der Waals surface area contributed by atoms with Gasteiger partial charge < -0.3 is 4.90 Å². The molecule has 0 spiro atoms. The van der Waals surface area contributed by atoms with Crippen LogP contribution in [0, 0.1) is 27.7 Å². The van der Waals surface area contributed by atoms with E-state index in [1.54, 1.807) is 0 Å². The van der Waals surface area contributed by atoms with Gasteiger partial charge in [-0.3, -0.25) is 0 Å². The van der Waals surface area contributed by atoms with Gasteiger partial charge in [0.2, 0.25) is 0 Å². The highest BCUT2D eigenvalue weighted by atomic mass is 32.1. The van der Waals surface area contributed by atoms with Crippen molar-refractivity contribution in [3.05, 3.63) is 304 Å². The summed E-state index contributed by atoms with van der Waals surface area (Å²) >= 11 is 1.89. The highest BCUT2D eigenvalue weighted by Gasteiger charge is 2.43. The molecule has 0 radical (unpaired) electrons. The number of fused-ring (bicyclic) bond motifs is 8. The lowest BCUT2D eigenvalue weighted by Gasteiger charge is -2.32. The fraction of sp³-hybridized carbons (Fsp3) is 0.0933. The summed E-state index contributed by atoms with van der Waals surface area (Å²) in [5.41, 5.74) is 21.9. The second-order valence-corrected chi connectivity index (χ2v) is 21.9. The molecule has 1 aromatic heterocycles. The van der Waals surface area contributed by atoms with E-state index in [4.69, 9.17) is 0 Å². The van der Waals surface area contributed by atoms with Crippen molar-refractivity contribution in [1.82, 2.24) is 0 Å². The number of hydrogen-bond donors (Lipinski definition) is 0. The molecular formula is C75H61NS. The van der Waals surface area contributed by atoms with Crippen molar-refractivity contribution in [2.24, 2.45) is 0 Å². The second kappa shape index (κ2) is 20.4. The highest BCUT2D eigenvalue weighted by Crippen LogP contribution is 2.58. The topological polar surface area (TPSA) is 3.24 Å². The van der Waals surface area contributed by atoms with Crippen LogP contribution in [0.1, 0.15) is 58.4 Å². The average molecular weight is 1010 g/mol. The van der Waals surface area contributed by atoms with Gasteiger partial charge in [0, 0.05) is 32.0 Å². The fourth-order valence-electron chi connectivity index (χ4n) is 11.9. The van der Waals surface area contributed by atoms with Gasteiger partial charge in [-0.1, -0.05) is 230 Å². The molecule has 1 unspecified atom stereocenters. The number of hydrogen-bond acceptors (Lipinski definition) is 2. The summed E-state index contributed by atoms with van der Waals surface area (Å²) in [5.74, 6) is 0. The molecule has 77 heavy (non-hydrogen) atoms. The van der Waals surface area contributed by atoms with Crippen molar-refractivity contribution >= 4 is 71.5 Å². The summed E-state index contributed by atoms with van der Waals surface area (Å²) < 4.78 is 2.57. The lowest BCUT2D eigenvalue weighted by atomic mass is 9.73. The van der Waals surface area contributed by atoms with Crippen LogP contribution in [0.2, 0.25) is 0 Å². The summed E-state index contributed by atoms with van der Waals surface area (Å²) in [5, 5.41) is 7.22. The van der Waals surface area contributed by atoms with Gasteiger partial charge in [-0.2, -0.15) is 0 Å². The molecule has 0 fully saturated rings. The number of rotatable bonds is 8. The van der Waals surface area contributed by atoms with Crippen LogP contribution >= 0.6 is 11.3 Å². The van der Waals surface area contributed by atoms with Crippen LogP contribution in [0.4, 0.5) is 17.1 Å². The van der Waals surface area contributed by atoms with Gasteiger partial charge in [-0.15, -0.1) is 11.3 Å². The monoisotopic (exact) mass is 1010 g/mol. The first-order valence-electron chi connectivity index (χ1n) is 26.8. The number of thiophene rings is 1. The maximum Gasteiger partial charge on any atom is 0.0640 e. The molecule has 0 amide bonds. The molecule has 11 aromatic carbocycles. The third kappa shape index (κ3) is 8.79. The quantitative estimate of drug-likeness (QED) is 0.147. The van der Waals surface area contributed by atoms with E-state index in [0.29, 0.717) is 0 Å². The molecule has 1 aliphatic rings. The summed E-state index contributed by atoms with van der Waals surface area (Å²) in [7, 11) is 0. The largest absolute Gasteiger partial charge is 0.308 e. The van der Waals surface area contributed by atoms with Crippen LogP contribution in [0.5, 0.6) is 0 Å². The molecule has 0 N–H and O–H groups in total.